The van der Waals surface area contributed by atoms with Crippen molar-refractivity contribution in [2.24, 2.45) is 0 Å². The molecule has 0 aliphatic carbocycles. The summed E-state index contributed by atoms with van der Waals surface area (Å²) in [6.07, 6.45) is 7.48. The number of thioether (sulfide) groups is 1. The van der Waals surface area contributed by atoms with Gasteiger partial charge in [-0.25, -0.2) is 0 Å². The Labute approximate surface area is 139 Å². The Morgan fingerprint density at radius 1 is 1.39 bits per heavy atom. The van der Waals surface area contributed by atoms with Gasteiger partial charge in [0, 0.05) is 24.7 Å². The van der Waals surface area contributed by atoms with Crippen LogP contribution in [0.2, 0.25) is 0 Å². The molecule has 0 aromatic carbocycles. The fourth-order valence-corrected chi connectivity index (χ4v) is 3.40. The lowest BCUT2D eigenvalue weighted by Crippen LogP contribution is -2.40. The average molecular weight is 332 g/mol. The first-order valence-electron chi connectivity index (χ1n) is 7.75. The van der Waals surface area contributed by atoms with E-state index in [1.165, 1.54) is 0 Å². The van der Waals surface area contributed by atoms with Gasteiger partial charge in [-0.1, -0.05) is 6.07 Å². The second-order valence-electron chi connectivity index (χ2n) is 5.38. The summed E-state index contributed by atoms with van der Waals surface area (Å²) in [5.41, 5.74) is 0.955. The summed E-state index contributed by atoms with van der Waals surface area (Å²) in [5.74, 6) is 0.804. The van der Waals surface area contributed by atoms with E-state index in [9.17, 15) is 4.79 Å². The van der Waals surface area contributed by atoms with Crippen molar-refractivity contribution in [3.05, 3.63) is 36.3 Å². The number of amides is 1. The van der Waals surface area contributed by atoms with Crippen LogP contribution >= 0.6 is 11.8 Å². The topological polar surface area (TPSA) is 86.8 Å². The molecule has 122 valence electrons. The molecule has 0 unspecified atom stereocenters. The van der Waals surface area contributed by atoms with Crippen molar-refractivity contribution >= 4 is 17.7 Å². The van der Waals surface area contributed by atoms with Crippen molar-refractivity contribution < 1.29 is 4.79 Å². The molecule has 3 heterocycles. The van der Waals surface area contributed by atoms with E-state index in [2.05, 4.69) is 30.6 Å². The summed E-state index contributed by atoms with van der Waals surface area (Å²) >= 11 is 1.56. The van der Waals surface area contributed by atoms with Crippen LogP contribution in [-0.2, 0) is 4.79 Å². The number of carbonyl (C=O) groups excluding carboxylic acids is 1. The normalized spacial score (nSPS) is 16.3. The number of hydrogen-bond donors (Lipinski definition) is 2. The molecule has 2 aromatic heterocycles. The van der Waals surface area contributed by atoms with Gasteiger partial charge in [0.05, 0.1) is 6.20 Å². The van der Waals surface area contributed by atoms with Crippen molar-refractivity contribution in [2.75, 3.05) is 25.4 Å². The van der Waals surface area contributed by atoms with Gasteiger partial charge in [-0.05, 0) is 37.6 Å². The van der Waals surface area contributed by atoms with Crippen LogP contribution in [0.25, 0.3) is 0 Å². The quantitative estimate of drug-likeness (QED) is 0.586. The molecule has 3 rings (SSSR count). The average Bonchev–Trinajstić information content (AvgIpc) is 3.27. The molecule has 2 N–H and O–H groups in total. The Morgan fingerprint density at radius 3 is 2.96 bits per heavy atom. The third-order valence-corrected chi connectivity index (χ3v) is 4.70. The van der Waals surface area contributed by atoms with Gasteiger partial charge in [-0.3, -0.25) is 14.7 Å². The van der Waals surface area contributed by atoms with Crippen molar-refractivity contribution in [2.45, 2.75) is 23.9 Å². The summed E-state index contributed by atoms with van der Waals surface area (Å²) in [6.45, 7) is 2.52. The van der Waals surface area contributed by atoms with Crippen molar-refractivity contribution in [1.29, 1.82) is 0 Å². The van der Waals surface area contributed by atoms with E-state index in [0.717, 1.165) is 42.3 Å². The number of aromatic amines is 1. The highest BCUT2D eigenvalue weighted by atomic mass is 32.2. The number of pyridine rings is 1. The third-order valence-electron chi connectivity index (χ3n) is 3.80. The number of likely N-dealkylation sites (tertiary alicyclic amines) is 1. The standard InChI is InChI=1S/C15H20N6OS/c22-15(17-6-9-23-13-11-18-20-19-13)14(21-7-1-2-8-21)12-4-3-5-16-10-12/h3-5,10-11,14H,1-2,6-9H2,(H,17,22)(H,18,19,20)/t14-/m0/s1. The van der Waals surface area contributed by atoms with Crippen LogP contribution in [0.5, 0.6) is 0 Å². The summed E-state index contributed by atoms with van der Waals surface area (Å²) in [7, 11) is 0. The minimum absolute atomic E-state index is 0.0423. The number of nitrogens with zero attached hydrogens (tertiary/aromatic N) is 4. The van der Waals surface area contributed by atoms with Crippen LogP contribution in [0.3, 0.4) is 0 Å². The molecule has 1 atom stereocenters. The van der Waals surface area contributed by atoms with Gasteiger partial charge in [0.2, 0.25) is 5.91 Å². The van der Waals surface area contributed by atoms with Crippen LogP contribution in [0, 0.1) is 0 Å². The zero-order valence-corrected chi connectivity index (χ0v) is 13.6. The smallest absolute Gasteiger partial charge is 0.242 e. The Morgan fingerprint density at radius 2 is 2.26 bits per heavy atom. The number of hydrogen-bond acceptors (Lipinski definition) is 6. The summed E-state index contributed by atoms with van der Waals surface area (Å²) in [6, 6.07) is 3.61. The largest absolute Gasteiger partial charge is 0.354 e. The molecule has 2 aromatic rings. The van der Waals surface area contributed by atoms with Crippen LogP contribution in [-0.4, -0.2) is 56.6 Å². The Balaban J connectivity index is 1.56. The van der Waals surface area contributed by atoms with E-state index in [0.29, 0.717) is 6.54 Å². The van der Waals surface area contributed by atoms with Gasteiger partial charge in [0.25, 0.3) is 0 Å². The third kappa shape index (κ3) is 4.29. The highest BCUT2D eigenvalue weighted by molar-refractivity contribution is 7.99. The maximum Gasteiger partial charge on any atom is 0.242 e. The van der Waals surface area contributed by atoms with Crippen LogP contribution in [0.4, 0.5) is 0 Å². The van der Waals surface area contributed by atoms with Gasteiger partial charge < -0.3 is 5.32 Å². The van der Waals surface area contributed by atoms with Crippen LogP contribution in [0.15, 0.2) is 35.7 Å². The summed E-state index contributed by atoms with van der Waals surface area (Å²) < 4.78 is 0. The lowest BCUT2D eigenvalue weighted by molar-refractivity contribution is -0.126. The van der Waals surface area contributed by atoms with E-state index in [1.807, 2.05) is 12.1 Å². The molecule has 1 amide bonds. The van der Waals surface area contributed by atoms with Gasteiger partial charge in [-0.2, -0.15) is 10.3 Å². The molecule has 8 heteroatoms. The van der Waals surface area contributed by atoms with E-state index in [-0.39, 0.29) is 11.9 Å². The summed E-state index contributed by atoms with van der Waals surface area (Å²) in [4.78, 5) is 19.1. The first-order valence-corrected chi connectivity index (χ1v) is 8.73. The predicted molar refractivity (Wildman–Crippen MR) is 87.9 cm³/mol. The Hall–Kier alpha value is -1.93. The van der Waals surface area contributed by atoms with Gasteiger partial charge in [0.1, 0.15) is 11.1 Å². The van der Waals surface area contributed by atoms with Gasteiger partial charge >= 0.3 is 0 Å². The van der Waals surface area contributed by atoms with Crippen molar-refractivity contribution in [3.8, 4) is 0 Å². The molecule has 0 spiro atoms. The number of H-pyrrole nitrogens is 1. The fraction of sp³-hybridized carbons (Fsp3) is 0.467. The number of carbonyl (C=O) groups is 1. The van der Waals surface area contributed by atoms with Crippen LogP contribution < -0.4 is 5.32 Å². The highest BCUT2D eigenvalue weighted by Crippen LogP contribution is 2.24. The number of nitrogens with one attached hydrogen (secondary N) is 2. The second-order valence-corrected chi connectivity index (χ2v) is 6.49. The maximum absolute atomic E-state index is 12.7. The van der Waals surface area contributed by atoms with E-state index < -0.39 is 0 Å². The summed E-state index contributed by atoms with van der Waals surface area (Å²) in [5, 5.41) is 14.2. The first kappa shape index (κ1) is 15.9. The lowest BCUT2D eigenvalue weighted by atomic mass is 10.1. The SMILES string of the molecule is O=C(NCCSc1cn[nH]n1)[C@H](c1cccnc1)N1CCCC1. The van der Waals surface area contributed by atoms with E-state index in [4.69, 9.17) is 0 Å². The predicted octanol–water partition coefficient (Wildman–Crippen LogP) is 1.25. The van der Waals surface area contributed by atoms with Crippen molar-refractivity contribution in [1.82, 2.24) is 30.6 Å². The Kier molecular flexibility index (Phi) is 5.60. The molecule has 0 radical (unpaired) electrons. The molecule has 7 nitrogen and oxygen atoms in total. The van der Waals surface area contributed by atoms with E-state index in [1.54, 1.807) is 30.4 Å². The van der Waals surface area contributed by atoms with Crippen LogP contribution in [0.1, 0.15) is 24.4 Å². The zero-order valence-electron chi connectivity index (χ0n) is 12.8. The minimum Gasteiger partial charge on any atom is -0.354 e. The minimum atomic E-state index is -0.247. The lowest BCUT2D eigenvalue weighted by Gasteiger charge is -2.26. The molecule has 1 aliphatic heterocycles. The molecule has 0 bridgehead atoms. The number of aromatic nitrogens is 4. The number of rotatable bonds is 7. The molecule has 0 saturated carbocycles. The first-order chi connectivity index (χ1) is 11.3. The Bertz CT molecular complexity index is 600. The molecular formula is C15H20N6OS. The molecule has 1 aliphatic rings. The zero-order chi connectivity index (χ0) is 15.9. The monoisotopic (exact) mass is 332 g/mol. The molecular weight excluding hydrogens is 312 g/mol. The highest BCUT2D eigenvalue weighted by Gasteiger charge is 2.29. The second kappa shape index (κ2) is 8.07. The molecule has 1 fully saturated rings. The molecule has 23 heavy (non-hydrogen) atoms. The van der Waals surface area contributed by atoms with Gasteiger partial charge in [-0.15, -0.1) is 16.9 Å². The van der Waals surface area contributed by atoms with E-state index >= 15 is 0 Å². The maximum atomic E-state index is 12.7. The fourth-order valence-electron chi connectivity index (χ4n) is 2.75. The molecule has 1 saturated heterocycles. The van der Waals surface area contributed by atoms with Crippen molar-refractivity contribution in [3.63, 3.8) is 0 Å². The van der Waals surface area contributed by atoms with Gasteiger partial charge in [0.15, 0.2) is 0 Å².